The average molecular weight is 479 g/mol. The fourth-order valence-electron chi connectivity index (χ4n) is 3.01. The Morgan fingerprint density at radius 3 is 1.91 bits per heavy atom. The first-order valence-electron chi connectivity index (χ1n) is 12.0. The lowest BCUT2D eigenvalue weighted by Gasteiger charge is -2.07. The highest BCUT2D eigenvalue weighted by atomic mass is 16.5. The molecule has 0 saturated heterocycles. The molecule has 0 aliphatic rings. The van der Waals surface area contributed by atoms with Crippen molar-refractivity contribution >= 4 is 23.5 Å². The van der Waals surface area contributed by atoms with E-state index >= 15 is 0 Å². The second kappa shape index (κ2) is 18.8. The second-order valence-electron chi connectivity index (χ2n) is 8.01. The van der Waals surface area contributed by atoms with Crippen molar-refractivity contribution in [1.29, 1.82) is 0 Å². The molecule has 190 valence electrons. The zero-order valence-electron chi connectivity index (χ0n) is 20.5. The van der Waals surface area contributed by atoms with Gasteiger partial charge >= 0.3 is 11.9 Å². The lowest BCUT2D eigenvalue weighted by Crippen LogP contribution is -2.09. The highest BCUT2D eigenvalue weighted by molar-refractivity contribution is 5.96. The van der Waals surface area contributed by atoms with Crippen LogP contribution in [0.1, 0.15) is 85.4 Å². The monoisotopic (exact) mass is 478 g/mol. The summed E-state index contributed by atoms with van der Waals surface area (Å²) in [4.78, 5) is 46.7. The highest BCUT2D eigenvalue weighted by Gasteiger charge is 2.08. The third kappa shape index (κ3) is 14.5. The van der Waals surface area contributed by atoms with Gasteiger partial charge in [-0.25, -0.2) is 4.79 Å². The van der Waals surface area contributed by atoms with Crippen LogP contribution in [0.15, 0.2) is 24.3 Å². The van der Waals surface area contributed by atoms with Gasteiger partial charge in [0.15, 0.2) is 5.78 Å². The normalized spacial score (nSPS) is 10.6. The molecule has 0 fully saturated rings. The summed E-state index contributed by atoms with van der Waals surface area (Å²) in [6.45, 7) is 3.69. The van der Waals surface area contributed by atoms with Crippen molar-refractivity contribution in [2.75, 3.05) is 40.1 Å². The maximum Gasteiger partial charge on any atom is 0.338 e. The molecule has 0 amide bonds. The Balaban J connectivity index is 1.94. The number of benzene rings is 1. The van der Waals surface area contributed by atoms with E-state index in [1.165, 1.54) is 6.92 Å². The van der Waals surface area contributed by atoms with Crippen LogP contribution in [0.5, 0.6) is 0 Å². The third-order valence-electron chi connectivity index (χ3n) is 5.06. The molecule has 0 radical (unpaired) electrons. The van der Waals surface area contributed by atoms with E-state index in [4.69, 9.17) is 18.9 Å². The topological polar surface area (TPSA) is 105 Å². The van der Waals surface area contributed by atoms with Crippen molar-refractivity contribution in [1.82, 2.24) is 0 Å². The van der Waals surface area contributed by atoms with E-state index in [9.17, 15) is 19.2 Å². The van der Waals surface area contributed by atoms with Gasteiger partial charge in [0.25, 0.3) is 0 Å². The molecule has 0 spiro atoms. The molecule has 0 saturated carbocycles. The standard InChI is InChI=1S/C26H38O8/c1-21(27)22-11-13-23(14-12-22)26(30)34-19-8-6-17-32-20-15-24(28)9-3-4-10-25(29)33-18-7-5-16-31-2/h11-14H,3-10,15-20H2,1-2H3. The Morgan fingerprint density at radius 2 is 1.24 bits per heavy atom. The molecule has 1 aromatic rings. The minimum atomic E-state index is -0.419. The van der Waals surface area contributed by atoms with Crippen molar-refractivity contribution in [2.45, 2.75) is 64.7 Å². The van der Waals surface area contributed by atoms with Crippen molar-refractivity contribution < 1.29 is 38.1 Å². The van der Waals surface area contributed by atoms with E-state index < -0.39 is 5.97 Å². The fraction of sp³-hybridized carbons (Fsp3) is 0.615. The summed E-state index contributed by atoms with van der Waals surface area (Å²) >= 11 is 0. The Morgan fingerprint density at radius 1 is 0.647 bits per heavy atom. The molecule has 0 aliphatic heterocycles. The summed E-state index contributed by atoms with van der Waals surface area (Å²) in [7, 11) is 1.64. The molecule has 0 aromatic heterocycles. The molecule has 1 aromatic carbocycles. The van der Waals surface area contributed by atoms with Gasteiger partial charge in [0.1, 0.15) is 5.78 Å². The van der Waals surface area contributed by atoms with Crippen LogP contribution in [0.2, 0.25) is 0 Å². The zero-order valence-corrected chi connectivity index (χ0v) is 20.5. The number of Topliss-reactive ketones (excluding diaryl/α,β-unsaturated/α-hetero) is 2. The smallest absolute Gasteiger partial charge is 0.338 e. The van der Waals surface area contributed by atoms with Crippen LogP contribution in [0.3, 0.4) is 0 Å². The summed E-state index contributed by atoms with van der Waals surface area (Å²) in [5, 5.41) is 0. The van der Waals surface area contributed by atoms with Gasteiger partial charge in [-0.1, -0.05) is 12.1 Å². The van der Waals surface area contributed by atoms with Crippen molar-refractivity contribution in [3.8, 4) is 0 Å². The van der Waals surface area contributed by atoms with E-state index in [0.29, 0.717) is 76.1 Å². The van der Waals surface area contributed by atoms with Crippen LogP contribution in [-0.4, -0.2) is 63.6 Å². The molecule has 0 aliphatic carbocycles. The first-order chi connectivity index (χ1) is 16.4. The van der Waals surface area contributed by atoms with Crippen molar-refractivity contribution in [3.05, 3.63) is 35.4 Å². The van der Waals surface area contributed by atoms with E-state index in [1.54, 1.807) is 31.4 Å². The second-order valence-corrected chi connectivity index (χ2v) is 8.01. The predicted octanol–water partition coefficient (Wildman–Crippen LogP) is 4.33. The maximum atomic E-state index is 12.0. The van der Waals surface area contributed by atoms with E-state index in [0.717, 1.165) is 19.3 Å². The molecule has 1 rings (SSSR count). The van der Waals surface area contributed by atoms with Gasteiger partial charge in [0, 0.05) is 45.1 Å². The lowest BCUT2D eigenvalue weighted by atomic mass is 10.1. The molecule has 0 unspecified atom stereocenters. The minimum Gasteiger partial charge on any atom is -0.466 e. The summed E-state index contributed by atoms with van der Waals surface area (Å²) in [6, 6.07) is 6.37. The highest BCUT2D eigenvalue weighted by Crippen LogP contribution is 2.08. The molecule has 34 heavy (non-hydrogen) atoms. The Labute approximate surface area is 202 Å². The lowest BCUT2D eigenvalue weighted by molar-refractivity contribution is -0.144. The van der Waals surface area contributed by atoms with E-state index in [-0.39, 0.29) is 24.1 Å². The number of ether oxygens (including phenoxy) is 4. The van der Waals surface area contributed by atoms with Crippen molar-refractivity contribution in [3.63, 3.8) is 0 Å². The number of rotatable bonds is 20. The zero-order chi connectivity index (χ0) is 25.0. The number of ketones is 2. The Hall–Kier alpha value is -2.58. The number of esters is 2. The Kier molecular flexibility index (Phi) is 16.3. The predicted molar refractivity (Wildman–Crippen MR) is 127 cm³/mol. The fourth-order valence-corrected chi connectivity index (χ4v) is 3.01. The minimum absolute atomic E-state index is 0.0520. The quantitative estimate of drug-likeness (QED) is 0.155. The largest absolute Gasteiger partial charge is 0.466 e. The number of carbonyl (C=O) groups excluding carboxylic acids is 4. The molecule has 8 heteroatoms. The first kappa shape index (κ1) is 29.5. The van der Waals surface area contributed by atoms with Gasteiger partial charge in [-0.15, -0.1) is 0 Å². The van der Waals surface area contributed by atoms with E-state index in [1.807, 2.05) is 0 Å². The molecule has 0 atom stereocenters. The summed E-state index contributed by atoms with van der Waals surface area (Å²) < 4.78 is 20.7. The van der Waals surface area contributed by atoms with Crippen LogP contribution < -0.4 is 0 Å². The van der Waals surface area contributed by atoms with Crippen LogP contribution in [-0.2, 0) is 28.5 Å². The van der Waals surface area contributed by atoms with Gasteiger partial charge < -0.3 is 18.9 Å². The Bertz CT molecular complexity index is 742. The van der Waals surface area contributed by atoms with Crippen LogP contribution >= 0.6 is 0 Å². The molecule has 8 nitrogen and oxygen atoms in total. The van der Waals surface area contributed by atoms with Crippen LogP contribution in [0, 0.1) is 0 Å². The summed E-state index contributed by atoms with van der Waals surface area (Å²) in [6.07, 6.45) is 5.48. The molecular weight excluding hydrogens is 440 g/mol. The molecule has 0 N–H and O–H groups in total. The van der Waals surface area contributed by atoms with Gasteiger partial charge in [0.05, 0.1) is 25.4 Å². The summed E-state index contributed by atoms with van der Waals surface area (Å²) in [5.41, 5.74) is 0.964. The number of hydrogen-bond donors (Lipinski definition) is 0. The maximum absolute atomic E-state index is 12.0. The van der Waals surface area contributed by atoms with Crippen LogP contribution in [0.25, 0.3) is 0 Å². The number of methoxy groups -OCH3 is 1. The van der Waals surface area contributed by atoms with Gasteiger partial charge in [-0.05, 0) is 57.6 Å². The number of hydrogen-bond acceptors (Lipinski definition) is 8. The van der Waals surface area contributed by atoms with Crippen LogP contribution in [0.4, 0.5) is 0 Å². The van der Waals surface area contributed by atoms with Crippen molar-refractivity contribution in [2.24, 2.45) is 0 Å². The number of carbonyl (C=O) groups is 4. The van der Waals surface area contributed by atoms with E-state index in [2.05, 4.69) is 0 Å². The SMILES string of the molecule is COCCCCOC(=O)CCCCC(=O)CCOCCCCOC(=O)c1ccc(C(C)=O)cc1. The molecule has 0 bridgehead atoms. The van der Waals surface area contributed by atoms with Gasteiger partial charge in [-0.3, -0.25) is 14.4 Å². The van der Waals surface area contributed by atoms with Gasteiger partial charge in [0.2, 0.25) is 0 Å². The molecular formula is C26H38O8. The molecule has 0 heterocycles. The average Bonchev–Trinajstić information content (AvgIpc) is 2.83. The third-order valence-corrected chi connectivity index (χ3v) is 5.06. The first-order valence-corrected chi connectivity index (χ1v) is 12.0. The number of unbranched alkanes of at least 4 members (excludes halogenated alkanes) is 3. The summed E-state index contributed by atoms with van der Waals surface area (Å²) in [5.74, 6) is -0.566. The van der Waals surface area contributed by atoms with Gasteiger partial charge in [-0.2, -0.15) is 0 Å².